The molecule has 0 aliphatic heterocycles. The summed E-state index contributed by atoms with van der Waals surface area (Å²) >= 11 is 0. The molecule has 0 heterocycles. The molecule has 2 aromatic carbocycles. The van der Waals surface area contributed by atoms with Gasteiger partial charge in [-0.3, -0.25) is 9.79 Å². The number of hydrogen-bond acceptors (Lipinski definition) is 3. The molecule has 6 nitrogen and oxygen atoms in total. The van der Waals surface area contributed by atoms with Crippen LogP contribution in [0.15, 0.2) is 47.5 Å². The monoisotopic (exact) mass is 400 g/mol. The van der Waals surface area contributed by atoms with E-state index in [2.05, 4.69) is 20.9 Å². The van der Waals surface area contributed by atoms with Gasteiger partial charge < -0.3 is 20.7 Å². The summed E-state index contributed by atoms with van der Waals surface area (Å²) < 4.78 is 18.9. The molecule has 2 aromatic rings. The van der Waals surface area contributed by atoms with Crippen molar-refractivity contribution >= 4 is 11.9 Å². The fourth-order valence-electron chi connectivity index (χ4n) is 2.67. The first-order valence-corrected chi connectivity index (χ1v) is 9.67. The molecule has 0 aromatic heterocycles. The number of hydrogen-bond donors (Lipinski definition) is 3. The minimum atomic E-state index is -0.223. The predicted octanol–water partition coefficient (Wildman–Crippen LogP) is 3.19. The van der Waals surface area contributed by atoms with Gasteiger partial charge in [-0.1, -0.05) is 12.1 Å². The van der Waals surface area contributed by atoms with Gasteiger partial charge in [0.2, 0.25) is 0 Å². The van der Waals surface area contributed by atoms with Crippen LogP contribution in [0.5, 0.6) is 5.75 Å². The van der Waals surface area contributed by atoms with Gasteiger partial charge >= 0.3 is 0 Å². The third-order valence-electron chi connectivity index (χ3n) is 4.41. The number of guanidine groups is 1. The molecular weight excluding hydrogens is 371 g/mol. The molecule has 0 bridgehead atoms. The van der Waals surface area contributed by atoms with E-state index in [-0.39, 0.29) is 17.8 Å². The fourth-order valence-corrected chi connectivity index (χ4v) is 2.67. The second-order valence-electron chi connectivity index (χ2n) is 6.62. The highest BCUT2D eigenvalue weighted by molar-refractivity contribution is 5.94. The Morgan fingerprint density at radius 1 is 1.17 bits per heavy atom. The SMILES string of the molecule is CCNC(=NCCNC(=O)c1ccc(OC)cc1)NC(C)c1ccc(C)c(F)c1. The summed E-state index contributed by atoms with van der Waals surface area (Å²) in [6, 6.07) is 12.0. The third kappa shape index (κ3) is 6.78. The van der Waals surface area contributed by atoms with E-state index < -0.39 is 0 Å². The van der Waals surface area contributed by atoms with Crippen molar-refractivity contribution < 1.29 is 13.9 Å². The topological polar surface area (TPSA) is 74.8 Å². The predicted molar refractivity (Wildman–Crippen MR) is 114 cm³/mol. The maximum absolute atomic E-state index is 13.8. The van der Waals surface area contributed by atoms with Crippen LogP contribution in [0.4, 0.5) is 4.39 Å². The number of carbonyl (C=O) groups is 1. The Morgan fingerprint density at radius 2 is 1.90 bits per heavy atom. The summed E-state index contributed by atoms with van der Waals surface area (Å²) in [5.41, 5.74) is 2.02. The molecule has 2 rings (SSSR count). The molecule has 1 atom stereocenters. The zero-order chi connectivity index (χ0) is 21.2. The molecule has 0 saturated heterocycles. The molecule has 1 unspecified atom stereocenters. The first-order valence-electron chi connectivity index (χ1n) is 9.67. The van der Waals surface area contributed by atoms with E-state index in [9.17, 15) is 9.18 Å². The molecule has 29 heavy (non-hydrogen) atoms. The number of aryl methyl sites for hydroxylation is 1. The highest BCUT2D eigenvalue weighted by Gasteiger charge is 2.10. The summed E-state index contributed by atoms with van der Waals surface area (Å²) in [4.78, 5) is 16.6. The smallest absolute Gasteiger partial charge is 0.251 e. The summed E-state index contributed by atoms with van der Waals surface area (Å²) in [5.74, 6) is 0.929. The van der Waals surface area contributed by atoms with Gasteiger partial charge in [0.15, 0.2) is 5.96 Å². The number of ether oxygens (including phenoxy) is 1. The van der Waals surface area contributed by atoms with Crippen LogP contribution in [-0.4, -0.2) is 38.6 Å². The number of methoxy groups -OCH3 is 1. The Balaban J connectivity index is 1.89. The van der Waals surface area contributed by atoms with Crippen molar-refractivity contribution in [2.24, 2.45) is 4.99 Å². The quantitative estimate of drug-likeness (QED) is 0.361. The van der Waals surface area contributed by atoms with Crippen LogP contribution in [0.1, 0.15) is 41.4 Å². The molecule has 1 amide bonds. The highest BCUT2D eigenvalue weighted by atomic mass is 19.1. The van der Waals surface area contributed by atoms with Crippen molar-refractivity contribution in [3.05, 3.63) is 65.0 Å². The number of nitrogens with zero attached hydrogens (tertiary/aromatic N) is 1. The fraction of sp³-hybridized carbons (Fsp3) is 0.364. The number of halogens is 1. The van der Waals surface area contributed by atoms with Crippen molar-refractivity contribution in [3.63, 3.8) is 0 Å². The Kier molecular flexibility index (Phi) is 8.45. The van der Waals surface area contributed by atoms with Crippen LogP contribution in [0, 0.1) is 12.7 Å². The van der Waals surface area contributed by atoms with Gasteiger partial charge in [-0.2, -0.15) is 0 Å². The summed E-state index contributed by atoms with van der Waals surface area (Å²) in [5, 5.41) is 9.26. The van der Waals surface area contributed by atoms with E-state index >= 15 is 0 Å². The van der Waals surface area contributed by atoms with Crippen molar-refractivity contribution in [2.75, 3.05) is 26.7 Å². The number of benzene rings is 2. The Labute approximate surface area is 171 Å². The summed E-state index contributed by atoms with van der Waals surface area (Å²) in [6.45, 7) is 7.16. The molecule has 3 N–H and O–H groups in total. The van der Waals surface area contributed by atoms with Gasteiger partial charge in [0.25, 0.3) is 5.91 Å². The van der Waals surface area contributed by atoms with Gasteiger partial charge in [-0.05, 0) is 62.2 Å². The highest BCUT2D eigenvalue weighted by Crippen LogP contribution is 2.16. The second-order valence-corrected chi connectivity index (χ2v) is 6.62. The molecule has 0 fully saturated rings. The van der Waals surface area contributed by atoms with Crippen LogP contribution in [0.2, 0.25) is 0 Å². The maximum atomic E-state index is 13.8. The summed E-state index contributed by atoms with van der Waals surface area (Å²) in [7, 11) is 1.58. The van der Waals surface area contributed by atoms with Gasteiger partial charge in [0, 0.05) is 18.7 Å². The van der Waals surface area contributed by atoms with E-state index in [0.717, 1.165) is 5.56 Å². The number of amides is 1. The number of carbonyl (C=O) groups excluding carboxylic acids is 1. The average molecular weight is 400 g/mol. The molecular formula is C22H29FN4O2. The molecule has 0 spiro atoms. The van der Waals surface area contributed by atoms with Crippen LogP contribution >= 0.6 is 0 Å². The van der Waals surface area contributed by atoms with Crippen LogP contribution in [-0.2, 0) is 0 Å². The molecule has 7 heteroatoms. The van der Waals surface area contributed by atoms with Gasteiger partial charge in [0.05, 0.1) is 19.7 Å². The molecule has 156 valence electrons. The Hall–Kier alpha value is -3.09. The standard InChI is InChI=1S/C22H29FN4O2/c1-5-24-22(27-16(3)18-7-6-15(2)20(23)14-18)26-13-12-25-21(28)17-8-10-19(29-4)11-9-17/h6-11,14,16H,5,12-13H2,1-4H3,(H,25,28)(H2,24,26,27). The first kappa shape index (κ1) is 22.2. The zero-order valence-corrected chi connectivity index (χ0v) is 17.4. The van der Waals surface area contributed by atoms with Gasteiger partial charge in [-0.15, -0.1) is 0 Å². The second kappa shape index (κ2) is 11.0. The van der Waals surface area contributed by atoms with E-state index in [0.29, 0.717) is 42.5 Å². The van der Waals surface area contributed by atoms with Crippen LogP contribution < -0.4 is 20.7 Å². The normalized spacial score (nSPS) is 12.2. The first-order chi connectivity index (χ1) is 13.9. The molecule has 0 aliphatic rings. The van der Waals surface area contributed by atoms with Crippen molar-refractivity contribution in [1.29, 1.82) is 0 Å². The number of nitrogens with one attached hydrogen (secondary N) is 3. The largest absolute Gasteiger partial charge is 0.497 e. The van der Waals surface area contributed by atoms with Crippen molar-refractivity contribution in [2.45, 2.75) is 26.8 Å². The van der Waals surface area contributed by atoms with E-state index in [1.165, 1.54) is 6.07 Å². The third-order valence-corrected chi connectivity index (χ3v) is 4.41. The molecule has 0 aliphatic carbocycles. The van der Waals surface area contributed by atoms with E-state index in [1.807, 2.05) is 19.9 Å². The molecule has 0 saturated carbocycles. The minimum Gasteiger partial charge on any atom is -0.497 e. The maximum Gasteiger partial charge on any atom is 0.251 e. The zero-order valence-electron chi connectivity index (χ0n) is 17.4. The lowest BCUT2D eigenvalue weighted by Gasteiger charge is -2.18. The van der Waals surface area contributed by atoms with Crippen molar-refractivity contribution in [3.8, 4) is 5.75 Å². The lowest BCUT2D eigenvalue weighted by atomic mass is 10.1. The van der Waals surface area contributed by atoms with E-state index in [4.69, 9.17) is 4.74 Å². The number of rotatable bonds is 8. The van der Waals surface area contributed by atoms with Crippen LogP contribution in [0.25, 0.3) is 0 Å². The minimum absolute atomic E-state index is 0.114. The molecule has 0 radical (unpaired) electrons. The van der Waals surface area contributed by atoms with E-state index in [1.54, 1.807) is 44.4 Å². The van der Waals surface area contributed by atoms with Crippen molar-refractivity contribution in [1.82, 2.24) is 16.0 Å². The number of aliphatic imine (C=N–C) groups is 1. The lowest BCUT2D eigenvalue weighted by Crippen LogP contribution is -2.39. The summed E-state index contributed by atoms with van der Waals surface area (Å²) in [6.07, 6.45) is 0. The van der Waals surface area contributed by atoms with Gasteiger partial charge in [0.1, 0.15) is 11.6 Å². The average Bonchev–Trinajstić information content (AvgIpc) is 2.73. The Bertz CT molecular complexity index is 837. The lowest BCUT2D eigenvalue weighted by molar-refractivity contribution is 0.0954. The van der Waals surface area contributed by atoms with Crippen LogP contribution in [0.3, 0.4) is 0 Å². The Morgan fingerprint density at radius 3 is 2.52 bits per heavy atom. The van der Waals surface area contributed by atoms with Gasteiger partial charge in [-0.25, -0.2) is 4.39 Å².